The Kier molecular flexibility index (Phi) is 5.86. The Labute approximate surface area is 204 Å². The van der Waals surface area contributed by atoms with Gasteiger partial charge < -0.3 is 15.2 Å². The molecule has 0 aliphatic carbocycles. The molecule has 0 saturated carbocycles. The summed E-state index contributed by atoms with van der Waals surface area (Å²) in [6.07, 6.45) is -4.47. The molecule has 0 fully saturated rings. The molecule has 1 unspecified atom stereocenters. The van der Waals surface area contributed by atoms with E-state index in [1.54, 1.807) is 12.1 Å². The largest absolute Gasteiger partial charge is 0.489 e. The average molecular weight is 488 g/mol. The SMILES string of the molecule is N#CC1=C(N)Oc2n[nH]c(-c3ccc(OCc4ccccc4)cc3)c2C1c1ccc(C(F)(F)F)cc1. The van der Waals surface area contributed by atoms with Gasteiger partial charge in [0.2, 0.25) is 11.8 Å². The number of hydrogen-bond donors (Lipinski definition) is 2. The standard InChI is InChI=1S/C27H19F3N4O2/c28-27(29,30)19-10-6-17(7-11-19)22-21(14-31)25(32)36-26-23(22)24(33-34-26)18-8-12-20(13-9-18)35-15-16-4-2-1-3-5-16/h1-13,22H,15,32H2,(H,33,34). The van der Waals surface area contributed by atoms with Crippen molar-refractivity contribution in [3.63, 3.8) is 0 Å². The summed E-state index contributed by atoms with van der Waals surface area (Å²) in [5.41, 5.74) is 8.57. The Morgan fingerprint density at radius 1 is 1.00 bits per heavy atom. The van der Waals surface area contributed by atoms with Gasteiger partial charge in [0.15, 0.2) is 0 Å². The number of H-pyrrole nitrogens is 1. The molecule has 6 nitrogen and oxygen atoms in total. The summed E-state index contributed by atoms with van der Waals surface area (Å²) in [5, 5.41) is 16.9. The number of nitrogens with one attached hydrogen (secondary N) is 1. The van der Waals surface area contributed by atoms with Gasteiger partial charge in [0.25, 0.3) is 0 Å². The first-order valence-corrected chi connectivity index (χ1v) is 11.0. The first kappa shape index (κ1) is 23.1. The van der Waals surface area contributed by atoms with E-state index >= 15 is 0 Å². The fourth-order valence-corrected chi connectivity index (χ4v) is 4.12. The number of halogens is 3. The van der Waals surface area contributed by atoms with Crippen molar-refractivity contribution in [2.24, 2.45) is 5.73 Å². The number of benzene rings is 3. The number of aromatic nitrogens is 2. The summed E-state index contributed by atoms with van der Waals surface area (Å²) in [6.45, 7) is 0.416. The Balaban J connectivity index is 1.48. The molecule has 1 atom stereocenters. The number of allylic oxidation sites excluding steroid dienone is 1. The molecule has 2 heterocycles. The van der Waals surface area contributed by atoms with Crippen molar-refractivity contribution in [3.05, 3.63) is 113 Å². The van der Waals surface area contributed by atoms with E-state index in [1.165, 1.54) is 12.1 Å². The van der Waals surface area contributed by atoms with Crippen LogP contribution in [-0.2, 0) is 12.8 Å². The van der Waals surface area contributed by atoms with E-state index in [0.717, 1.165) is 23.3 Å². The number of alkyl halides is 3. The minimum atomic E-state index is -4.47. The van der Waals surface area contributed by atoms with Crippen LogP contribution in [0.1, 0.15) is 28.2 Å². The van der Waals surface area contributed by atoms with E-state index in [4.69, 9.17) is 15.2 Å². The van der Waals surface area contributed by atoms with Crippen LogP contribution in [0.15, 0.2) is 90.3 Å². The maximum absolute atomic E-state index is 13.1. The lowest BCUT2D eigenvalue weighted by atomic mass is 9.83. The quantitative estimate of drug-likeness (QED) is 0.365. The predicted octanol–water partition coefficient (Wildman–Crippen LogP) is 5.89. The third-order valence-corrected chi connectivity index (χ3v) is 5.90. The number of hydrogen-bond acceptors (Lipinski definition) is 5. The minimum absolute atomic E-state index is 0.0905. The monoisotopic (exact) mass is 488 g/mol. The van der Waals surface area contributed by atoms with Crippen molar-refractivity contribution in [2.45, 2.75) is 18.7 Å². The van der Waals surface area contributed by atoms with Crippen LogP contribution in [0.25, 0.3) is 11.3 Å². The maximum Gasteiger partial charge on any atom is 0.416 e. The van der Waals surface area contributed by atoms with Gasteiger partial charge in [-0.25, -0.2) is 0 Å². The van der Waals surface area contributed by atoms with Gasteiger partial charge in [-0.1, -0.05) is 42.5 Å². The lowest BCUT2D eigenvalue weighted by Crippen LogP contribution is -2.21. The molecule has 0 saturated heterocycles. The summed E-state index contributed by atoms with van der Waals surface area (Å²) >= 11 is 0. The summed E-state index contributed by atoms with van der Waals surface area (Å²) in [6, 6.07) is 23.7. The molecule has 1 aliphatic rings. The highest BCUT2D eigenvalue weighted by molar-refractivity contribution is 5.71. The lowest BCUT2D eigenvalue weighted by molar-refractivity contribution is -0.137. The third kappa shape index (κ3) is 4.36. The zero-order chi connectivity index (χ0) is 25.3. The van der Waals surface area contributed by atoms with Gasteiger partial charge in [0.05, 0.1) is 22.7 Å². The van der Waals surface area contributed by atoms with Gasteiger partial charge in [-0.3, -0.25) is 5.10 Å². The van der Waals surface area contributed by atoms with Crippen LogP contribution < -0.4 is 15.2 Å². The van der Waals surface area contributed by atoms with Gasteiger partial charge in [-0.05, 0) is 47.5 Å². The zero-order valence-electron chi connectivity index (χ0n) is 18.7. The molecule has 3 N–H and O–H groups in total. The predicted molar refractivity (Wildman–Crippen MR) is 126 cm³/mol. The minimum Gasteiger partial charge on any atom is -0.489 e. The Morgan fingerprint density at radius 2 is 1.69 bits per heavy atom. The van der Waals surface area contributed by atoms with Crippen LogP contribution in [0.3, 0.4) is 0 Å². The third-order valence-electron chi connectivity index (χ3n) is 5.90. The molecule has 5 rings (SSSR count). The van der Waals surface area contributed by atoms with Crippen LogP contribution in [0.4, 0.5) is 13.2 Å². The molecule has 36 heavy (non-hydrogen) atoms. The highest BCUT2D eigenvalue weighted by Gasteiger charge is 2.36. The molecular weight excluding hydrogens is 469 g/mol. The number of aromatic amines is 1. The molecule has 0 spiro atoms. The number of fused-ring (bicyclic) bond motifs is 1. The van der Waals surface area contributed by atoms with Crippen molar-refractivity contribution in [3.8, 4) is 29.0 Å². The van der Waals surface area contributed by atoms with Crippen molar-refractivity contribution in [2.75, 3.05) is 0 Å². The van der Waals surface area contributed by atoms with Crippen molar-refractivity contribution < 1.29 is 22.6 Å². The average Bonchev–Trinajstić information content (AvgIpc) is 3.30. The smallest absolute Gasteiger partial charge is 0.416 e. The van der Waals surface area contributed by atoms with Crippen molar-refractivity contribution >= 4 is 0 Å². The zero-order valence-corrected chi connectivity index (χ0v) is 18.7. The summed E-state index contributed by atoms with van der Waals surface area (Å²) in [4.78, 5) is 0. The molecule has 1 aliphatic heterocycles. The highest BCUT2D eigenvalue weighted by Crippen LogP contribution is 2.46. The van der Waals surface area contributed by atoms with E-state index in [0.29, 0.717) is 29.2 Å². The van der Waals surface area contributed by atoms with E-state index in [-0.39, 0.29) is 17.3 Å². The number of rotatable bonds is 5. The highest BCUT2D eigenvalue weighted by atomic mass is 19.4. The van der Waals surface area contributed by atoms with Gasteiger partial charge in [-0.2, -0.15) is 18.4 Å². The summed E-state index contributed by atoms with van der Waals surface area (Å²) in [5.74, 6) is -0.0782. The number of nitriles is 1. The second-order valence-corrected chi connectivity index (χ2v) is 8.16. The molecule has 0 bridgehead atoms. The fourth-order valence-electron chi connectivity index (χ4n) is 4.12. The van der Waals surface area contributed by atoms with Crippen LogP contribution in [0.2, 0.25) is 0 Å². The Hall–Kier alpha value is -4.71. The van der Waals surface area contributed by atoms with Crippen molar-refractivity contribution in [1.29, 1.82) is 5.26 Å². The second kappa shape index (κ2) is 9.15. The van der Waals surface area contributed by atoms with Gasteiger partial charge in [0.1, 0.15) is 24.0 Å². The number of ether oxygens (including phenoxy) is 2. The van der Waals surface area contributed by atoms with Crippen LogP contribution >= 0.6 is 0 Å². The van der Waals surface area contributed by atoms with Gasteiger partial charge in [-0.15, -0.1) is 5.10 Å². The normalized spacial score (nSPS) is 15.1. The van der Waals surface area contributed by atoms with Crippen LogP contribution in [0, 0.1) is 11.3 Å². The molecule has 180 valence electrons. The first-order chi connectivity index (χ1) is 17.3. The molecule has 4 aromatic rings. The topological polar surface area (TPSA) is 97.0 Å². The van der Waals surface area contributed by atoms with E-state index in [1.807, 2.05) is 48.5 Å². The molecule has 3 aromatic carbocycles. The van der Waals surface area contributed by atoms with Gasteiger partial charge >= 0.3 is 6.18 Å². The molecular formula is C27H19F3N4O2. The fraction of sp³-hybridized carbons (Fsp3) is 0.111. The summed E-state index contributed by atoms with van der Waals surface area (Å²) in [7, 11) is 0. The van der Waals surface area contributed by atoms with E-state index in [2.05, 4.69) is 10.2 Å². The second-order valence-electron chi connectivity index (χ2n) is 8.16. The Bertz CT molecular complexity index is 1450. The molecule has 9 heteroatoms. The lowest BCUT2D eigenvalue weighted by Gasteiger charge is -2.24. The first-order valence-electron chi connectivity index (χ1n) is 11.0. The molecule has 0 radical (unpaired) electrons. The van der Waals surface area contributed by atoms with E-state index < -0.39 is 17.7 Å². The van der Waals surface area contributed by atoms with E-state index in [9.17, 15) is 18.4 Å². The summed E-state index contributed by atoms with van der Waals surface area (Å²) < 4.78 is 50.7. The number of nitrogens with two attached hydrogens (primary N) is 1. The van der Waals surface area contributed by atoms with Gasteiger partial charge in [0, 0.05) is 5.56 Å². The molecule has 1 aromatic heterocycles. The maximum atomic E-state index is 13.1. The Morgan fingerprint density at radius 3 is 2.33 bits per heavy atom. The van der Waals surface area contributed by atoms with Crippen molar-refractivity contribution in [1.82, 2.24) is 10.2 Å². The van der Waals surface area contributed by atoms with Crippen LogP contribution in [0.5, 0.6) is 11.6 Å². The number of nitrogens with zero attached hydrogens (tertiary/aromatic N) is 2. The molecule has 0 amide bonds. The van der Waals surface area contributed by atoms with Crippen LogP contribution in [-0.4, -0.2) is 10.2 Å².